The van der Waals surface area contributed by atoms with E-state index in [0.29, 0.717) is 11.4 Å². The molecule has 7 nitrogen and oxygen atoms in total. The van der Waals surface area contributed by atoms with Gasteiger partial charge in [-0.2, -0.15) is 0 Å². The van der Waals surface area contributed by atoms with Crippen molar-refractivity contribution in [3.05, 3.63) is 24.3 Å². The fraction of sp³-hybridized carbons (Fsp3) is 0.400. The molecule has 22 heavy (non-hydrogen) atoms. The number of nitrogens with zero attached hydrogens (tertiary/aromatic N) is 1. The smallest absolute Gasteiger partial charge is 0.323 e. The second-order valence-corrected chi connectivity index (χ2v) is 5.22. The molecule has 1 aliphatic rings. The monoisotopic (exact) mass is 306 g/mol. The van der Waals surface area contributed by atoms with E-state index in [1.54, 1.807) is 24.3 Å². The average Bonchev–Trinajstić information content (AvgIpc) is 3.29. The quantitative estimate of drug-likeness (QED) is 0.782. The summed E-state index contributed by atoms with van der Waals surface area (Å²) in [5.41, 5.74) is 0.612. The Hall–Kier alpha value is -2.57. The van der Waals surface area contributed by atoms with Gasteiger partial charge in [0.2, 0.25) is 5.91 Å². The van der Waals surface area contributed by atoms with E-state index >= 15 is 0 Å². The average molecular weight is 306 g/mol. The van der Waals surface area contributed by atoms with Gasteiger partial charge in [0.05, 0.1) is 0 Å². The zero-order valence-corrected chi connectivity index (χ0v) is 12.2. The Bertz CT molecular complexity index is 583. The lowest BCUT2D eigenvalue weighted by Crippen LogP contribution is -2.35. The second-order valence-electron chi connectivity index (χ2n) is 5.22. The molecule has 0 atom stereocenters. The second kappa shape index (κ2) is 6.93. The van der Waals surface area contributed by atoms with Crippen molar-refractivity contribution in [3.8, 4) is 5.75 Å². The van der Waals surface area contributed by atoms with Crippen molar-refractivity contribution in [1.29, 1.82) is 0 Å². The number of hydrogen-bond acceptors (Lipinski definition) is 4. The fourth-order valence-electron chi connectivity index (χ4n) is 1.80. The van der Waals surface area contributed by atoms with Crippen molar-refractivity contribution < 1.29 is 24.2 Å². The number of carboxylic acids is 1. The van der Waals surface area contributed by atoms with Crippen LogP contribution in [0.2, 0.25) is 0 Å². The maximum absolute atomic E-state index is 11.7. The standard InChI is InChI=1S/C15H18N2O5/c1-17(8-14(19)20)13(18)9-22-12-4-2-3-11(7-12)16-15(21)10-5-6-10/h2-4,7,10H,5-6,8-9H2,1H3,(H,16,21)(H,19,20). The van der Waals surface area contributed by atoms with E-state index in [1.165, 1.54) is 7.05 Å². The molecule has 0 aliphatic heterocycles. The number of carbonyl (C=O) groups excluding carboxylic acids is 2. The van der Waals surface area contributed by atoms with Crippen LogP contribution in [0.4, 0.5) is 5.69 Å². The number of carboxylic acid groups (broad SMARTS) is 1. The maximum Gasteiger partial charge on any atom is 0.323 e. The minimum atomic E-state index is -1.08. The van der Waals surface area contributed by atoms with Gasteiger partial charge in [-0.1, -0.05) is 6.07 Å². The predicted octanol–water partition coefficient (Wildman–Crippen LogP) is 0.957. The van der Waals surface area contributed by atoms with Crippen LogP contribution in [0.1, 0.15) is 12.8 Å². The molecule has 2 rings (SSSR count). The lowest BCUT2D eigenvalue weighted by Gasteiger charge is -2.15. The highest BCUT2D eigenvalue weighted by atomic mass is 16.5. The van der Waals surface area contributed by atoms with Crippen LogP contribution < -0.4 is 10.1 Å². The maximum atomic E-state index is 11.7. The highest BCUT2D eigenvalue weighted by Crippen LogP contribution is 2.30. The fourth-order valence-corrected chi connectivity index (χ4v) is 1.80. The van der Waals surface area contributed by atoms with E-state index in [4.69, 9.17) is 9.84 Å². The molecule has 0 unspecified atom stereocenters. The zero-order valence-electron chi connectivity index (χ0n) is 12.2. The molecule has 0 spiro atoms. The van der Waals surface area contributed by atoms with Crippen LogP contribution in [0.3, 0.4) is 0 Å². The van der Waals surface area contributed by atoms with Crippen LogP contribution in [-0.2, 0) is 14.4 Å². The van der Waals surface area contributed by atoms with Crippen LogP contribution in [0, 0.1) is 5.92 Å². The van der Waals surface area contributed by atoms with Gasteiger partial charge in [0, 0.05) is 24.7 Å². The van der Waals surface area contributed by atoms with Gasteiger partial charge in [-0.15, -0.1) is 0 Å². The lowest BCUT2D eigenvalue weighted by atomic mass is 10.3. The number of aliphatic carboxylic acids is 1. The number of hydrogen-bond donors (Lipinski definition) is 2. The summed E-state index contributed by atoms with van der Waals surface area (Å²) in [6.45, 7) is -0.635. The Kier molecular flexibility index (Phi) is 4.98. The van der Waals surface area contributed by atoms with Crippen molar-refractivity contribution in [2.75, 3.05) is 25.5 Å². The van der Waals surface area contributed by atoms with Gasteiger partial charge < -0.3 is 20.1 Å². The van der Waals surface area contributed by atoms with Crippen LogP contribution in [0.15, 0.2) is 24.3 Å². The van der Waals surface area contributed by atoms with E-state index in [1.807, 2.05) is 0 Å². The van der Waals surface area contributed by atoms with E-state index in [2.05, 4.69) is 5.32 Å². The van der Waals surface area contributed by atoms with Crippen LogP contribution in [0.25, 0.3) is 0 Å². The first-order valence-corrected chi connectivity index (χ1v) is 6.95. The van der Waals surface area contributed by atoms with Crippen molar-refractivity contribution in [3.63, 3.8) is 0 Å². The Morgan fingerprint density at radius 2 is 2.09 bits per heavy atom. The highest BCUT2D eigenvalue weighted by molar-refractivity contribution is 5.94. The molecule has 1 aromatic rings. The normalized spacial score (nSPS) is 13.3. The summed E-state index contributed by atoms with van der Waals surface area (Å²) >= 11 is 0. The van der Waals surface area contributed by atoms with Gasteiger partial charge >= 0.3 is 5.97 Å². The molecule has 7 heteroatoms. The van der Waals surface area contributed by atoms with Gasteiger partial charge in [0.1, 0.15) is 12.3 Å². The summed E-state index contributed by atoms with van der Waals surface area (Å²) in [5.74, 6) is -0.980. The molecule has 1 saturated carbocycles. The first-order chi connectivity index (χ1) is 10.5. The van der Waals surface area contributed by atoms with E-state index < -0.39 is 11.9 Å². The van der Waals surface area contributed by atoms with Crippen LogP contribution in [0.5, 0.6) is 5.75 Å². The van der Waals surface area contributed by atoms with E-state index in [0.717, 1.165) is 17.7 Å². The van der Waals surface area contributed by atoms with Crippen molar-refractivity contribution in [1.82, 2.24) is 4.90 Å². The Balaban J connectivity index is 1.85. The first-order valence-electron chi connectivity index (χ1n) is 6.95. The number of rotatable bonds is 7. The molecule has 118 valence electrons. The SMILES string of the molecule is CN(CC(=O)O)C(=O)COc1cccc(NC(=O)C2CC2)c1. The summed E-state index contributed by atoms with van der Waals surface area (Å²) in [6.07, 6.45) is 1.85. The third kappa shape index (κ3) is 4.76. The van der Waals surface area contributed by atoms with Crippen LogP contribution >= 0.6 is 0 Å². The zero-order chi connectivity index (χ0) is 16.1. The number of benzene rings is 1. The summed E-state index contributed by atoms with van der Waals surface area (Å²) in [4.78, 5) is 34.9. The number of likely N-dealkylation sites (N-methyl/N-ethyl adjacent to an activating group) is 1. The minimum Gasteiger partial charge on any atom is -0.484 e. The number of ether oxygens (including phenoxy) is 1. The van der Waals surface area contributed by atoms with Gasteiger partial charge in [-0.05, 0) is 25.0 Å². The molecule has 0 heterocycles. The van der Waals surface area contributed by atoms with Crippen molar-refractivity contribution in [2.45, 2.75) is 12.8 Å². The predicted molar refractivity (Wildman–Crippen MR) is 78.6 cm³/mol. The lowest BCUT2D eigenvalue weighted by molar-refractivity contribution is -0.144. The molecular formula is C15H18N2O5. The molecule has 2 amide bonds. The summed E-state index contributed by atoms with van der Waals surface area (Å²) < 4.78 is 5.33. The molecule has 0 bridgehead atoms. The van der Waals surface area contributed by atoms with E-state index in [-0.39, 0.29) is 25.0 Å². The third-order valence-corrected chi connectivity index (χ3v) is 3.21. The molecule has 0 aromatic heterocycles. The van der Waals surface area contributed by atoms with Crippen LogP contribution in [-0.4, -0.2) is 48.0 Å². The Labute approximate surface area is 127 Å². The van der Waals surface area contributed by atoms with Gasteiger partial charge in [0.25, 0.3) is 5.91 Å². The van der Waals surface area contributed by atoms with Gasteiger partial charge in [0.15, 0.2) is 6.61 Å². The number of amides is 2. The summed E-state index contributed by atoms with van der Waals surface area (Å²) in [6, 6.07) is 6.75. The van der Waals surface area contributed by atoms with Gasteiger partial charge in [-0.3, -0.25) is 14.4 Å². The van der Waals surface area contributed by atoms with Gasteiger partial charge in [-0.25, -0.2) is 0 Å². The highest BCUT2D eigenvalue weighted by Gasteiger charge is 2.29. The van der Waals surface area contributed by atoms with E-state index in [9.17, 15) is 14.4 Å². The molecule has 0 saturated heterocycles. The molecule has 1 fully saturated rings. The molecule has 2 N–H and O–H groups in total. The topological polar surface area (TPSA) is 95.9 Å². The molecular weight excluding hydrogens is 288 g/mol. The Morgan fingerprint density at radius 3 is 2.73 bits per heavy atom. The summed E-state index contributed by atoms with van der Waals surface area (Å²) in [7, 11) is 1.39. The number of carbonyl (C=O) groups is 3. The summed E-state index contributed by atoms with van der Waals surface area (Å²) in [5, 5.41) is 11.4. The molecule has 1 aliphatic carbocycles. The van der Waals surface area contributed by atoms with Crippen molar-refractivity contribution >= 4 is 23.5 Å². The first kappa shape index (κ1) is 15.8. The molecule has 0 radical (unpaired) electrons. The number of nitrogens with one attached hydrogen (secondary N) is 1. The number of anilines is 1. The van der Waals surface area contributed by atoms with Crippen molar-refractivity contribution in [2.24, 2.45) is 5.92 Å². The third-order valence-electron chi connectivity index (χ3n) is 3.21. The largest absolute Gasteiger partial charge is 0.484 e. The molecule has 1 aromatic carbocycles. The Morgan fingerprint density at radius 1 is 1.36 bits per heavy atom. The minimum absolute atomic E-state index is 0.00517.